The Kier molecular flexibility index (Phi) is 5.88. The van der Waals surface area contributed by atoms with Gasteiger partial charge in [0.1, 0.15) is 5.75 Å². The maximum absolute atomic E-state index is 11.7. The lowest BCUT2D eigenvalue weighted by Gasteiger charge is -2.12. The summed E-state index contributed by atoms with van der Waals surface area (Å²) in [6, 6.07) is 5.57. The van der Waals surface area contributed by atoms with Crippen molar-refractivity contribution in [2.45, 2.75) is 0 Å². The lowest BCUT2D eigenvalue weighted by atomic mass is 10.2. The van der Waals surface area contributed by atoms with Gasteiger partial charge in [0.2, 0.25) is 5.91 Å². The number of benzene rings is 1. The number of nitrogens with zero attached hydrogens (tertiary/aromatic N) is 1. The molecule has 0 atom stereocenters. The van der Waals surface area contributed by atoms with Crippen molar-refractivity contribution in [2.24, 2.45) is 0 Å². The highest BCUT2D eigenvalue weighted by atomic mass is 79.9. The minimum Gasteiger partial charge on any atom is -0.496 e. The summed E-state index contributed by atoms with van der Waals surface area (Å²) in [7, 11) is 3.22. The maximum Gasteiger partial charge on any atom is 0.246 e. The summed E-state index contributed by atoms with van der Waals surface area (Å²) >= 11 is 3.37. The Hall–Kier alpha value is -1.33. The molecule has 0 heterocycles. The molecule has 0 spiro atoms. The molecule has 5 heteroatoms. The van der Waals surface area contributed by atoms with Crippen LogP contribution in [-0.2, 0) is 4.79 Å². The minimum atomic E-state index is -0.161. The van der Waals surface area contributed by atoms with Gasteiger partial charge >= 0.3 is 0 Å². The fourth-order valence-corrected chi connectivity index (χ4v) is 1.76. The second kappa shape index (κ2) is 7.18. The van der Waals surface area contributed by atoms with E-state index in [-0.39, 0.29) is 12.5 Å². The van der Waals surface area contributed by atoms with Crippen molar-refractivity contribution in [3.63, 3.8) is 0 Å². The number of amides is 1. The summed E-state index contributed by atoms with van der Waals surface area (Å²) in [5.41, 5.74) is 0.817. The van der Waals surface area contributed by atoms with Gasteiger partial charge < -0.3 is 14.7 Å². The molecule has 0 bridgehead atoms. The van der Waals surface area contributed by atoms with E-state index in [0.29, 0.717) is 12.3 Å². The molecule has 98 valence electrons. The molecule has 0 saturated carbocycles. The van der Waals surface area contributed by atoms with Crippen molar-refractivity contribution in [1.82, 2.24) is 4.90 Å². The number of aliphatic hydroxyl groups is 1. The first kappa shape index (κ1) is 14.7. The first-order chi connectivity index (χ1) is 8.58. The Labute approximate surface area is 115 Å². The number of hydrogen-bond donors (Lipinski definition) is 1. The standard InChI is InChI=1S/C13H16BrNO3/c1-15(7-8-16)13(17)6-3-10-9-11(14)4-5-12(10)18-2/h3-6,9,16H,7-8H2,1-2H3/b6-3+. The summed E-state index contributed by atoms with van der Waals surface area (Å²) in [6.45, 7) is 0.273. The lowest BCUT2D eigenvalue weighted by molar-refractivity contribution is -0.125. The molecule has 1 aromatic carbocycles. The van der Waals surface area contributed by atoms with Gasteiger partial charge in [0.05, 0.1) is 13.7 Å². The van der Waals surface area contributed by atoms with Crippen LogP contribution in [0, 0.1) is 0 Å². The lowest BCUT2D eigenvalue weighted by Crippen LogP contribution is -2.27. The van der Waals surface area contributed by atoms with Crippen molar-refractivity contribution in [1.29, 1.82) is 0 Å². The number of halogens is 1. The van der Waals surface area contributed by atoms with Crippen LogP contribution in [0.2, 0.25) is 0 Å². The SMILES string of the molecule is COc1ccc(Br)cc1/C=C/C(=O)N(C)CCO. The van der Waals surface area contributed by atoms with E-state index >= 15 is 0 Å². The minimum absolute atomic E-state index is 0.0454. The maximum atomic E-state index is 11.7. The molecule has 0 aliphatic rings. The molecule has 1 aromatic rings. The quantitative estimate of drug-likeness (QED) is 0.845. The second-order valence-corrected chi connectivity index (χ2v) is 4.62. The van der Waals surface area contributed by atoms with Crippen molar-refractivity contribution >= 4 is 27.9 Å². The van der Waals surface area contributed by atoms with Gasteiger partial charge in [-0.05, 0) is 24.3 Å². The van der Waals surface area contributed by atoms with E-state index in [0.717, 1.165) is 10.0 Å². The van der Waals surface area contributed by atoms with Gasteiger partial charge in [-0.1, -0.05) is 15.9 Å². The summed E-state index contributed by atoms with van der Waals surface area (Å²) in [6.07, 6.45) is 3.15. The van der Waals surface area contributed by atoms with Crippen LogP contribution in [0.5, 0.6) is 5.75 Å². The molecule has 1 amide bonds. The number of ether oxygens (including phenoxy) is 1. The number of hydrogen-bond acceptors (Lipinski definition) is 3. The average molecular weight is 314 g/mol. The Morgan fingerprint density at radius 1 is 1.56 bits per heavy atom. The molecule has 0 aliphatic carbocycles. The highest BCUT2D eigenvalue weighted by molar-refractivity contribution is 9.10. The van der Waals surface area contributed by atoms with Crippen molar-refractivity contribution < 1.29 is 14.6 Å². The number of likely N-dealkylation sites (N-methyl/N-ethyl adjacent to an activating group) is 1. The van der Waals surface area contributed by atoms with Crippen molar-refractivity contribution in [3.05, 3.63) is 34.3 Å². The van der Waals surface area contributed by atoms with Crippen LogP contribution >= 0.6 is 15.9 Å². The predicted octanol–water partition coefficient (Wildman–Crippen LogP) is 1.92. The van der Waals surface area contributed by atoms with Crippen molar-refractivity contribution in [3.8, 4) is 5.75 Å². The number of carbonyl (C=O) groups is 1. The van der Waals surface area contributed by atoms with E-state index in [1.165, 1.54) is 11.0 Å². The predicted molar refractivity (Wildman–Crippen MR) is 74.5 cm³/mol. The summed E-state index contributed by atoms with van der Waals surface area (Å²) in [4.78, 5) is 13.1. The van der Waals surface area contributed by atoms with Gasteiger partial charge in [-0.15, -0.1) is 0 Å². The van der Waals surface area contributed by atoms with Crippen LogP contribution in [0.25, 0.3) is 6.08 Å². The van der Waals surface area contributed by atoms with E-state index in [2.05, 4.69) is 15.9 Å². The van der Waals surface area contributed by atoms with Crippen molar-refractivity contribution in [2.75, 3.05) is 27.3 Å². The van der Waals surface area contributed by atoms with Gasteiger partial charge in [0, 0.05) is 29.7 Å². The second-order valence-electron chi connectivity index (χ2n) is 3.70. The van der Waals surface area contributed by atoms with E-state index in [9.17, 15) is 4.79 Å². The highest BCUT2D eigenvalue weighted by Gasteiger charge is 2.05. The summed E-state index contributed by atoms with van der Waals surface area (Å²) in [5.74, 6) is 0.540. The molecule has 0 saturated heterocycles. The molecule has 0 aliphatic heterocycles. The Morgan fingerprint density at radius 3 is 2.89 bits per heavy atom. The Bertz CT molecular complexity index is 446. The topological polar surface area (TPSA) is 49.8 Å². The smallest absolute Gasteiger partial charge is 0.246 e. The zero-order valence-electron chi connectivity index (χ0n) is 10.4. The van der Waals surface area contributed by atoms with E-state index in [4.69, 9.17) is 9.84 Å². The molecule has 1 N–H and O–H groups in total. The third-order valence-corrected chi connectivity index (χ3v) is 2.90. The van der Waals surface area contributed by atoms with E-state index in [1.807, 2.05) is 18.2 Å². The van der Waals surface area contributed by atoms with Gasteiger partial charge in [0.25, 0.3) is 0 Å². The van der Waals surface area contributed by atoms with Crippen LogP contribution in [0.1, 0.15) is 5.56 Å². The molecular weight excluding hydrogens is 298 g/mol. The fourth-order valence-electron chi connectivity index (χ4n) is 1.38. The number of methoxy groups -OCH3 is 1. The van der Waals surface area contributed by atoms with Crippen LogP contribution in [0.15, 0.2) is 28.7 Å². The average Bonchev–Trinajstić information content (AvgIpc) is 2.36. The van der Waals surface area contributed by atoms with Crippen LogP contribution in [-0.4, -0.2) is 43.2 Å². The van der Waals surface area contributed by atoms with Crippen LogP contribution in [0.3, 0.4) is 0 Å². The van der Waals surface area contributed by atoms with Crippen LogP contribution in [0.4, 0.5) is 0 Å². The van der Waals surface area contributed by atoms with Gasteiger partial charge in [-0.25, -0.2) is 0 Å². The highest BCUT2D eigenvalue weighted by Crippen LogP contribution is 2.24. The number of rotatable bonds is 5. The molecule has 0 aromatic heterocycles. The largest absolute Gasteiger partial charge is 0.496 e. The van der Waals surface area contributed by atoms with E-state index < -0.39 is 0 Å². The third kappa shape index (κ3) is 4.16. The Balaban J connectivity index is 2.83. The monoisotopic (exact) mass is 313 g/mol. The molecule has 4 nitrogen and oxygen atoms in total. The summed E-state index contributed by atoms with van der Waals surface area (Å²) < 4.78 is 6.12. The van der Waals surface area contributed by atoms with Gasteiger partial charge in [-0.3, -0.25) is 4.79 Å². The third-order valence-electron chi connectivity index (χ3n) is 2.41. The number of aliphatic hydroxyl groups excluding tert-OH is 1. The zero-order valence-corrected chi connectivity index (χ0v) is 12.0. The number of carbonyl (C=O) groups excluding carboxylic acids is 1. The molecule has 0 radical (unpaired) electrons. The molecule has 0 unspecified atom stereocenters. The zero-order chi connectivity index (χ0) is 13.5. The van der Waals surface area contributed by atoms with Gasteiger partial charge in [-0.2, -0.15) is 0 Å². The Morgan fingerprint density at radius 2 is 2.28 bits per heavy atom. The molecule has 0 fully saturated rings. The molecule has 1 rings (SSSR count). The van der Waals surface area contributed by atoms with Crippen LogP contribution < -0.4 is 4.74 Å². The molecule has 18 heavy (non-hydrogen) atoms. The van der Waals surface area contributed by atoms with Gasteiger partial charge in [0.15, 0.2) is 0 Å². The summed E-state index contributed by atoms with van der Waals surface area (Å²) in [5, 5.41) is 8.75. The first-order valence-corrected chi connectivity index (χ1v) is 6.25. The first-order valence-electron chi connectivity index (χ1n) is 5.46. The van der Waals surface area contributed by atoms with E-state index in [1.54, 1.807) is 20.2 Å². The molecular formula is C13H16BrNO3. The normalized spacial score (nSPS) is 10.7. The fraction of sp³-hybridized carbons (Fsp3) is 0.308.